The lowest BCUT2D eigenvalue weighted by Gasteiger charge is -2.02. The topological polar surface area (TPSA) is 0 Å². The van der Waals surface area contributed by atoms with Crippen LogP contribution in [0.4, 0.5) is 4.39 Å². The quantitative estimate of drug-likeness (QED) is 0.520. The van der Waals surface area contributed by atoms with Crippen LogP contribution in [0.5, 0.6) is 0 Å². The van der Waals surface area contributed by atoms with Gasteiger partial charge in [-0.05, 0) is 30.1 Å². The normalized spacial score (nSPS) is 13.2. The molecular weight excluding hydrogens is 235 g/mol. The van der Waals surface area contributed by atoms with E-state index < -0.39 is 0 Å². The summed E-state index contributed by atoms with van der Waals surface area (Å²) in [7, 11) is 0. The molecule has 1 aromatic carbocycles. The van der Waals surface area contributed by atoms with Crippen molar-refractivity contribution in [3.8, 4) is 0 Å². The molecule has 0 saturated heterocycles. The highest BCUT2D eigenvalue weighted by Crippen LogP contribution is 2.19. The molecule has 0 aliphatic heterocycles. The summed E-state index contributed by atoms with van der Waals surface area (Å²) in [6.07, 6.45) is 11.1. The van der Waals surface area contributed by atoms with Crippen LogP contribution < -0.4 is 0 Å². The van der Waals surface area contributed by atoms with Gasteiger partial charge >= 0.3 is 0 Å². The molecule has 1 rings (SSSR count). The van der Waals surface area contributed by atoms with Crippen LogP contribution in [0.25, 0.3) is 6.08 Å². The Labute approximate surface area is 116 Å². The molecule has 0 heterocycles. The van der Waals surface area contributed by atoms with Crippen molar-refractivity contribution in [2.45, 2.75) is 39.5 Å². The fourth-order valence-corrected chi connectivity index (χ4v) is 1.82. The molecule has 0 unspecified atom stereocenters. The molecule has 1 heteroatoms. The van der Waals surface area contributed by atoms with Crippen molar-refractivity contribution >= 4 is 6.08 Å². The first kappa shape index (κ1) is 15.4. The molecule has 1 aromatic rings. The fourth-order valence-electron chi connectivity index (χ4n) is 1.82. The maximum atomic E-state index is 14.0. The predicted molar refractivity (Wildman–Crippen MR) is 82.6 cm³/mol. The summed E-state index contributed by atoms with van der Waals surface area (Å²) in [5, 5.41) is 0. The van der Waals surface area contributed by atoms with E-state index in [-0.39, 0.29) is 5.83 Å². The average Bonchev–Trinajstić information content (AvgIpc) is 2.44. The number of rotatable bonds is 7. The summed E-state index contributed by atoms with van der Waals surface area (Å²) in [6, 6.07) is 9.93. The minimum absolute atomic E-state index is 0.109. The van der Waals surface area contributed by atoms with E-state index in [0.29, 0.717) is 0 Å². The van der Waals surface area contributed by atoms with Gasteiger partial charge in [0.05, 0.1) is 0 Å². The molecule has 0 radical (unpaired) electrons. The molecule has 0 aliphatic carbocycles. The van der Waals surface area contributed by atoms with Gasteiger partial charge in [-0.25, -0.2) is 4.39 Å². The van der Waals surface area contributed by atoms with E-state index in [2.05, 4.69) is 13.8 Å². The third kappa shape index (κ3) is 6.19. The van der Waals surface area contributed by atoms with E-state index >= 15 is 0 Å². The zero-order valence-electron chi connectivity index (χ0n) is 11.9. The SMILES string of the molecule is CCC/C=C(CCC)/C(F)=C/C=C/c1ccccc1. The summed E-state index contributed by atoms with van der Waals surface area (Å²) in [5.74, 6) is -0.109. The molecular formula is C18H23F. The fraction of sp³-hybridized carbons (Fsp3) is 0.333. The number of hydrogen-bond donors (Lipinski definition) is 0. The van der Waals surface area contributed by atoms with Crippen molar-refractivity contribution in [1.29, 1.82) is 0 Å². The van der Waals surface area contributed by atoms with E-state index in [4.69, 9.17) is 0 Å². The van der Waals surface area contributed by atoms with Crippen molar-refractivity contribution in [2.75, 3.05) is 0 Å². The van der Waals surface area contributed by atoms with Crippen LogP contribution in [0.2, 0.25) is 0 Å². The second-order valence-electron chi connectivity index (χ2n) is 4.55. The first-order chi connectivity index (χ1) is 9.27. The maximum Gasteiger partial charge on any atom is 0.126 e. The first-order valence-corrected chi connectivity index (χ1v) is 7.06. The molecule has 0 nitrogen and oxygen atoms in total. The summed E-state index contributed by atoms with van der Waals surface area (Å²) in [5.41, 5.74) is 1.92. The Morgan fingerprint density at radius 1 is 1.11 bits per heavy atom. The largest absolute Gasteiger partial charge is 0.207 e. The van der Waals surface area contributed by atoms with Gasteiger partial charge in [0.25, 0.3) is 0 Å². The van der Waals surface area contributed by atoms with E-state index in [9.17, 15) is 4.39 Å². The zero-order valence-corrected chi connectivity index (χ0v) is 11.9. The lowest BCUT2D eigenvalue weighted by Crippen LogP contribution is -1.84. The van der Waals surface area contributed by atoms with Gasteiger partial charge in [-0.15, -0.1) is 0 Å². The smallest absolute Gasteiger partial charge is 0.126 e. The Morgan fingerprint density at radius 2 is 1.84 bits per heavy atom. The monoisotopic (exact) mass is 258 g/mol. The van der Waals surface area contributed by atoms with Gasteiger partial charge in [0.15, 0.2) is 0 Å². The number of hydrogen-bond acceptors (Lipinski definition) is 0. The number of benzene rings is 1. The summed E-state index contributed by atoms with van der Waals surface area (Å²) in [4.78, 5) is 0. The Balaban J connectivity index is 2.71. The maximum absolute atomic E-state index is 14.0. The van der Waals surface area contributed by atoms with Gasteiger partial charge in [-0.3, -0.25) is 0 Å². The standard InChI is InChI=1S/C18H23F/c1-3-5-14-17(10-4-2)18(19)15-9-13-16-11-7-6-8-12-16/h6-9,11-15H,3-5,10H2,1-2H3/b13-9+,17-14+,18-15-. The second-order valence-corrected chi connectivity index (χ2v) is 4.55. The molecule has 0 bridgehead atoms. The molecule has 0 atom stereocenters. The van der Waals surface area contributed by atoms with Gasteiger partial charge in [-0.1, -0.05) is 75.2 Å². The second kappa shape index (κ2) is 9.32. The third-order valence-electron chi connectivity index (χ3n) is 2.84. The Bertz CT molecular complexity index is 438. The summed E-state index contributed by atoms with van der Waals surface area (Å²) >= 11 is 0. The van der Waals surface area contributed by atoms with Crippen molar-refractivity contribution in [1.82, 2.24) is 0 Å². The third-order valence-corrected chi connectivity index (χ3v) is 2.84. The molecule has 102 valence electrons. The molecule has 0 amide bonds. The molecule has 19 heavy (non-hydrogen) atoms. The highest BCUT2D eigenvalue weighted by atomic mass is 19.1. The van der Waals surface area contributed by atoms with Crippen LogP contribution in [0, 0.1) is 0 Å². The van der Waals surface area contributed by atoms with Crippen molar-refractivity contribution in [3.05, 3.63) is 65.5 Å². The summed E-state index contributed by atoms with van der Waals surface area (Å²) in [6.45, 7) is 4.18. The Morgan fingerprint density at radius 3 is 2.47 bits per heavy atom. The molecule has 0 saturated carbocycles. The van der Waals surface area contributed by atoms with Crippen LogP contribution in [-0.2, 0) is 0 Å². The number of allylic oxidation sites excluding steroid dienone is 5. The Kier molecular flexibility index (Phi) is 7.57. The minimum Gasteiger partial charge on any atom is -0.207 e. The van der Waals surface area contributed by atoms with E-state index in [1.54, 1.807) is 12.2 Å². The van der Waals surface area contributed by atoms with Gasteiger partial charge in [0.2, 0.25) is 0 Å². The molecule has 0 fully saturated rings. The highest BCUT2D eigenvalue weighted by Gasteiger charge is 2.01. The average molecular weight is 258 g/mol. The van der Waals surface area contributed by atoms with Crippen molar-refractivity contribution in [3.63, 3.8) is 0 Å². The van der Waals surface area contributed by atoms with E-state index in [1.165, 1.54) is 0 Å². The van der Waals surface area contributed by atoms with Crippen LogP contribution in [0.1, 0.15) is 45.1 Å². The van der Waals surface area contributed by atoms with E-state index in [1.807, 2.05) is 42.5 Å². The zero-order chi connectivity index (χ0) is 13.9. The van der Waals surface area contributed by atoms with Gasteiger partial charge < -0.3 is 0 Å². The number of unbranched alkanes of at least 4 members (excludes halogenated alkanes) is 1. The minimum atomic E-state index is -0.109. The van der Waals surface area contributed by atoms with Gasteiger partial charge in [0.1, 0.15) is 5.83 Å². The summed E-state index contributed by atoms with van der Waals surface area (Å²) < 4.78 is 14.0. The molecule has 0 spiro atoms. The van der Waals surface area contributed by atoms with Gasteiger partial charge in [0, 0.05) is 0 Å². The first-order valence-electron chi connectivity index (χ1n) is 7.06. The van der Waals surface area contributed by atoms with Crippen molar-refractivity contribution in [2.24, 2.45) is 0 Å². The van der Waals surface area contributed by atoms with E-state index in [0.717, 1.165) is 36.8 Å². The van der Waals surface area contributed by atoms with Crippen LogP contribution in [-0.4, -0.2) is 0 Å². The lowest BCUT2D eigenvalue weighted by atomic mass is 10.1. The van der Waals surface area contributed by atoms with Crippen LogP contribution >= 0.6 is 0 Å². The van der Waals surface area contributed by atoms with Crippen LogP contribution in [0.15, 0.2) is 60.0 Å². The molecule has 0 N–H and O–H groups in total. The van der Waals surface area contributed by atoms with Crippen LogP contribution in [0.3, 0.4) is 0 Å². The van der Waals surface area contributed by atoms with Gasteiger partial charge in [-0.2, -0.15) is 0 Å². The number of halogens is 1. The Hall–Kier alpha value is -1.63. The predicted octanol–water partition coefficient (Wildman–Crippen LogP) is 6.08. The molecule has 0 aromatic heterocycles. The lowest BCUT2D eigenvalue weighted by molar-refractivity contribution is 0.633. The highest BCUT2D eigenvalue weighted by molar-refractivity contribution is 5.51. The van der Waals surface area contributed by atoms with Crippen molar-refractivity contribution < 1.29 is 4.39 Å². The molecule has 0 aliphatic rings.